The van der Waals surface area contributed by atoms with Crippen LogP contribution >= 0.6 is 0 Å². The highest BCUT2D eigenvalue weighted by Gasteiger charge is 2.20. The van der Waals surface area contributed by atoms with Gasteiger partial charge in [0.05, 0.1) is 0 Å². The molecule has 1 nitrogen and oxygen atoms in total. The molecule has 0 spiro atoms. The van der Waals surface area contributed by atoms with Crippen LogP contribution < -0.4 is 0 Å². The summed E-state index contributed by atoms with van der Waals surface area (Å²) in [6.07, 6.45) is 0. The summed E-state index contributed by atoms with van der Waals surface area (Å²) in [6, 6.07) is 66.1. The van der Waals surface area contributed by atoms with Crippen LogP contribution in [0, 0.1) is 0 Å². The van der Waals surface area contributed by atoms with Crippen LogP contribution in [0.15, 0.2) is 186 Å². The Bertz CT molecular complexity index is 3070. The number of hydrogen-bond donors (Lipinski definition) is 0. The van der Waals surface area contributed by atoms with E-state index in [1.54, 1.807) is 0 Å². The van der Waals surface area contributed by atoms with Gasteiger partial charge in [0.2, 0.25) is 0 Å². The molecular weight excluding hydrogens is 617 g/mol. The van der Waals surface area contributed by atoms with E-state index in [0.717, 1.165) is 22.1 Å². The number of furan rings is 1. The summed E-state index contributed by atoms with van der Waals surface area (Å²) in [5.74, 6) is 0. The minimum atomic E-state index is 0.904. The van der Waals surface area contributed by atoms with Gasteiger partial charge in [0.25, 0.3) is 0 Å². The van der Waals surface area contributed by atoms with E-state index in [1.807, 2.05) is 0 Å². The molecule has 1 heterocycles. The first-order valence-electron chi connectivity index (χ1n) is 17.6. The van der Waals surface area contributed by atoms with E-state index in [0.29, 0.717) is 0 Å². The van der Waals surface area contributed by atoms with E-state index in [9.17, 15) is 0 Å². The third kappa shape index (κ3) is 4.16. The standard InChI is InChI=1S/C50H30O/c1-2-12-31(13-3-1)32-22-24-33(25-23-32)47-39-18-8-10-20-41(39)48(42-21-11-9-19-40(42)47)34-26-27-44-46(30-34)51-45-29-28-43-37-16-5-4-14-35(37)36-15-6-7-17-38(36)49(43)50(44)45/h1-30H. The van der Waals surface area contributed by atoms with E-state index >= 15 is 0 Å². The molecular formula is C50H30O. The van der Waals surface area contributed by atoms with E-state index in [4.69, 9.17) is 4.42 Å². The van der Waals surface area contributed by atoms with Crippen molar-refractivity contribution < 1.29 is 4.42 Å². The lowest BCUT2D eigenvalue weighted by molar-refractivity contribution is 0.669. The second kappa shape index (κ2) is 10.9. The maximum Gasteiger partial charge on any atom is 0.136 e. The first kappa shape index (κ1) is 28.2. The molecule has 51 heavy (non-hydrogen) atoms. The van der Waals surface area contributed by atoms with Crippen molar-refractivity contribution >= 4 is 75.8 Å². The van der Waals surface area contributed by atoms with Gasteiger partial charge >= 0.3 is 0 Å². The lowest BCUT2D eigenvalue weighted by atomic mass is 9.85. The van der Waals surface area contributed by atoms with Gasteiger partial charge in [0.15, 0.2) is 0 Å². The zero-order chi connectivity index (χ0) is 33.5. The average molecular weight is 647 g/mol. The van der Waals surface area contributed by atoms with Gasteiger partial charge < -0.3 is 4.42 Å². The molecule has 0 N–H and O–H groups in total. The van der Waals surface area contributed by atoms with Crippen LogP contribution in [0.3, 0.4) is 0 Å². The van der Waals surface area contributed by atoms with E-state index in [1.165, 1.54) is 87.1 Å². The van der Waals surface area contributed by atoms with Crippen molar-refractivity contribution in [2.45, 2.75) is 0 Å². The summed E-state index contributed by atoms with van der Waals surface area (Å²) < 4.78 is 6.75. The highest BCUT2D eigenvalue weighted by molar-refractivity contribution is 6.34. The van der Waals surface area contributed by atoms with Crippen LogP contribution in [0.4, 0.5) is 0 Å². The molecule has 11 rings (SSSR count). The molecule has 0 amide bonds. The fourth-order valence-electron chi connectivity index (χ4n) is 8.63. The molecule has 1 aromatic heterocycles. The minimum absolute atomic E-state index is 0.904. The molecule has 0 aliphatic rings. The predicted octanol–water partition coefficient (Wildman–Crippen LogP) is 14.4. The summed E-state index contributed by atoms with van der Waals surface area (Å²) in [5.41, 5.74) is 9.13. The molecule has 0 radical (unpaired) electrons. The third-order valence-corrected chi connectivity index (χ3v) is 10.8. The maximum atomic E-state index is 6.75. The van der Waals surface area contributed by atoms with Crippen molar-refractivity contribution in [3.8, 4) is 33.4 Å². The SMILES string of the molecule is c1ccc(-c2ccc(-c3c4ccccc4c(-c4ccc5c(c4)oc4ccc6c7ccccc7c7ccccc7c6c45)c4ccccc34)cc2)cc1. The summed E-state index contributed by atoms with van der Waals surface area (Å²) in [6.45, 7) is 0. The first-order chi connectivity index (χ1) is 25.3. The Balaban J connectivity index is 1.16. The fourth-order valence-corrected chi connectivity index (χ4v) is 8.63. The third-order valence-electron chi connectivity index (χ3n) is 10.8. The Morgan fingerprint density at radius 3 is 1.25 bits per heavy atom. The van der Waals surface area contributed by atoms with Crippen molar-refractivity contribution in [1.29, 1.82) is 0 Å². The van der Waals surface area contributed by atoms with Crippen molar-refractivity contribution in [3.05, 3.63) is 182 Å². The van der Waals surface area contributed by atoms with Gasteiger partial charge in [-0.15, -0.1) is 0 Å². The van der Waals surface area contributed by atoms with Gasteiger partial charge in [-0.05, 0) is 106 Å². The van der Waals surface area contributed by atoms with Gasteiger partial charge in [0, 0.05) is 16.2 Å². The van der Waals surface area contributed by atoms with Crippen LogP contribution in [0.5, 0.6) is 0 Å². The Morgan fingerprint density at radius 1 is 0.235 bits per heavy atom. The van der Waals surface area contributed by atoms with Gasteiger partial charge in [-0.3, -0.25) is 0 Å². The van der Waals surface area contributed by atoms with Crippen molar-refractivity contribution in [2.24, 2.45) is 0 Å². The van der Waals surface area contributed by atoms with Crippen molar-refractivity contribution in [1.82, 2.24) is 0 Å². The maximum absolute atomic E-state index is 6.75. The van der Waals surface area contributed by atoms with E-state index < -0.39 is 0 Å². The quantitative estimate of drug-likeness (QED) is 0.138. The molecule has 0 bridgehead atoms. The Labute approximate surface area is 294 Å². The molecule has 0 atom stereocenters. The monoisotopic (exact) mass is 646 g/mol. The molecule has 0 saturated carbocycles. The number of fused-ring (bicyclic) bond motifs is 12. The summed E-state index contributed by atoms with van der Waals surface area (Å²) in [4.78, 5) is 0. The Kier molecular flexibility index (Phi) is 6.02. The van der Waals surface area contributed by atoms with Gasteiger partial charge in [-0.1, -0.05) is 158 Å². The first-order valence-corrected chi connectivity index (χ1v) is 17.6. The second-order valence-corrected chi connectivity index (χ2v) is 13.5. The summed E-state index contributed by atoms with van der Waals surface area (Å²) in [7, 11) is 0. The van der Waals surface area contributed by atoms with Crippen molar-refractivity contribution in [3.63, 3.8) is 0 Å². The predicted molar refractivity (Wildman–Crippen MR) is 218 cm³/mol. The van der Waals surface area contributed by atoms with Crippen LogP contribution in [0.2, 0.25) is 0 Å². The molecule has 1 heteroatoms. The molecule has 236 valence electrons. The molecule has 0 fully saturated rings. The zero-order valence-corrected chi connectivity index (χ0v) is 27.7. The van der Waals surface area contributed by atoms with Gasteiger partial charge in [-0.2, -0.15) is 0 Å². The molecule has 10 aromatic carbocycles. The number of rotatable bonds is 3. The van der Waals surface area contributed by atoms with Gasteiger partial charge in [0.1, 0.15) is 11.2 Å². The van der Waals surface area contributed by atoms with Crippen LogP contribution in [0.1, 0.15) is 0 Å². The van der Waals surface area contributed by atoms with E-state index in [-0.39, 0.29) is 0 Å². The zero-order valence-electron chi connectivity index (χ0n) is 27.7. The Morgan fingerprint density at radius 2 is 0.647 bits per heavy atom. The van der Waals surface area contributed by atoms with Crippen LogP contribution in [-0.4, -0.2) is 0 Å². The lowest BCUT2D eigenvalue weighted by Crippen LogP contribution is -1.91. The lowest BCUT2D eigenvalue weighted by Gasteiger charge is -2.18. The number of benzene rings is 10. The number of hydrogen-bond acceptors (Lipinski definition) is 1. The summed E-state index contributed by atoms with van der Waals surface area (Å²) >= 11 is 0. The van der Waals surface area contributed by atoms with E-state index in [2.05, 4.69) is 182 Å². The highest BCUT2D eigenvalue weighted by Crippen LogP contribution is 2.46. The van der Waals surface area contributed by atoms with Crippen molar-refractivity contribution in [2.75, 3.05) is 0 Å². The molecule has 0 aliphatic heterocycles. The largest absolute Gasteiger partial charge is 0.456 e. The minimum Gasteiger partial charge on any atom is -0.456 e. The summed E-state index contributed by atoms with van der Waals surface area (Å²) in [5, 5.41) is 14.9. The highest BCUT2D eigenvalue weighted by atomic mass is 16.3. The normalized spacial score (nSPS) is 11.9. The molecule has 0 aliphatic carbocycles. The Hall–Kier alpha value is -6.70. The topological polar surface area (TPSA) is 13.1 Å². The average Bonchev–Trinajstić information content (AvgIpc) is 3.58. The van der Waals surface area contributed by atoms with Crippen LogP contribution in [-0.2, 0) is 0 Å². The molecule has 0 unspecified atom stereocenters. The van der Waals surface area contributed by atoms with Gasteiger partial charge in [-0.25, -0.2) is 0 Å². The smallest absolute Gasteiger partial charge is 0.136 e. The molecule has 11 aromatic rings. The second-order valence-electron chi connectivity index (χ2n) is 13.5. The van der Waals surface area contributed by atoms with Crippen LogP contribution in [0.25, 0.3) is 109 Å². The molecule has 0 saturated heterocycles. The fraction of sp³-hybridized carbons (Fsp3) is 0.